The summed E-state index contributed by atoms with van der Waals surface area (Å²) in [7, 11) is 0. The second-order valence-electron chi connectivity index (χ2n) is 4.52. The van der Waals surface area contributed by atoms with Crippen LogP contribution in [0, 0.1) is 6.92 Å². The summed E-state index contributed by atoms with van der Waals surface area (Å²) < 4.78 is 5.52. The maximum absolute atomic E-state index is 5.86. The van der Waals surface area contributed by atoms with Crippen LogP contribution in [0.15, 0.2) is 52.9 Å². The Morgan fingerprint density at radius 3 is 2.58 bits per heavy atom. The van der Waals surface area contributed by atoms with Gasteiger partial charge in [-0.2, -0.15) is 0 Å². The molecule has 3 heteroatoms. The highest BCUT2D eigenvalue weighted by atomic mass is 79.9. The van der Waals surface area contributed by atoms with Gasteiger partial charge in [0.15, 0.2) is 5.22 Å². The minimum atomic E-state index is 0.00565. The number of furan rings is 1. The highest BCUT2D eigenvalue weighted by molar-refractivity contribution is 9.09. The zero-order valence-electron chi connectivity index (χ0n) is 10.4. The van der Waals surface area contributed by atoms with Crippen LogP contribution in [0.4, 0.5) is 0 Å². The molecule has 0 aliphatic rings. The summed E-state index contributed by atoms with van der Waals surface area (Å²) in [4.78, 5) is 0.00565. The lowest BCUT2D eigenvalue weighted by molar-refractivity contribution is 0.522. The Kier molecular flexibility index (Phi) is 3.38. The Morgan fingerprint density at radius 1 is 1.05 bits per heavy atom. The van der Waals surface area contributed by atoms with E-state index in [1.165, 1.54) is 21.9 Å². The van der Waals surface area contributed by atoms with Crippen molar-refractivity contribution in [3.8, 4) is 0 Å². The molecule has 0 bridgehead atoms. The van der Waals surface area contributed by atoms with E-state index in [9.17, 15) is 0 Å². The number of rotatable bonds is 2. The Labute approximate surface area is 125 Å². The van der Waals surface area contributed by atoms with Crippen molar-refractivity contribution < 1.29 is 4.42 Å². The first kappa shape index (κ1) is 12.8. The van der Waals surface area contributed by atoms with Gasteiger partial charge >= 0.3 is 0 Å². The first-order valence-electron chi connectivity index (χ1n) is 6.04. The molecule has 0 fully saturated rings. The van der Waals surface area contributed by atoms with Crippen LogP contribution in [0.25, 0.3) is 10.8 Å². The maximum atomic E-state index is 5.86. The number of halogens is 2. The average Bonchev–Trinajstić information content (AvgIpc) is 2.85. The van der Waals surface area contributed by atoms with Gasteiger partial charge in [0.1, 0.15) is 5.76 Å². The number of alkyl halides is 1. The largest absolute Gasteiger partial charge is 0.448 e. The van der Waals surface area contributed by atoms with E-state index in [-0.39, 0.29) is 4.83 Å². The summed E-state index contributed by atoms with van der Waals surface area (Å²) >= 11 is 9.59. The molecule has 1 nitrogen and oxygen atoms in total. The van der Waals surface area contributed by atoms with Gasteiger partial charge in [0.25, 0.3) is 0 Å². The minimum absolute atomic E-state index is 0.00565. The molecule has 0 amide bonds. The number of hydrogen-bond donors (Lipinski definition) is 0. The van der Waals surface area contributed by atoms with Gasteiger partial charge in [-0.3, -0.25) is 0 Å². The van der Waals surface area contributed by atoms with Crippen molar-refractivity contribution in [3.05, 3.63) is 70.6 Å². The maximum Gasteiger partial charge on any atom is 0.193 e. The third-order valence-electron chi connectivity index (χ3n) is 3.29. The van der Waals surface area contributed by atoms with Crippen molar-refractivity contribution in [3.63, 3.8) is 0 Å². The molecule has 96 valence electrons. The summed E-state index contributed by atoms with van der Waals surface area (Å²) in [6.07, 6.45) is 0. The molecular formula is C16H12BrClO. The summed E-state index contributed by atoms with van der Waals surface area (Å²) in [5, 5.41) is 2.87. The van der Waals surface area contributed by atoms with E-state index in [0.29, 0.717) is 5.22 Å². The summed E-state index contributed by atoms with van der Waals surface area (Å²) in [6, 6.07) is 16.3. The van der Waals surface area contributed by atoms with Crippen LogP contribution in [0.5, 0.6) is 0 Å². The molecular weight excluding hydrogens is 324 g/mol. The minimum Gasteiger partial charge on any atom is -0.448 e. The predicted octanol–water partition coefficient (Wildman–Crippen LogP) is 5.88. The lowest BCUT2D eigenvalue weighted by atomic mass is 9.96. The summed E-state index contributed by atoms with van der Waals surface area (Å²) in [5.74, 6) is 0.824. The van der Waals surface area contributed by atoms with E-state index in [1.54, 1.807) is 6.07 Å². The zero-order chi connectivity index (χ0) is 13.4. The molecule has 3 aromatic rings. The van der Waals surface area contributed by atoms with E-state index < -0.39 is 0 Å². The van der Waals surface area contributed by atoms with Crippen molar-refractivity contribution in [2.45, 2.75) is 11.8 Å². The highest BCUT2D eigenvalue weighted by Gasteiger charge is 2.18. The number of aryl methyl sites for hydroxylation is 1. The van der Waals surface area contributed by atoms with Gasteiger partial charge in [-0.25, -0.2) is 0 Å². The average molecular weight is 336 g/mol. The molecule has 0 aliphatic carbocycles. The normalized spacial score (nSPS) is 12.8. The molecule has 2 aromatic carbocycles. The molecule has 0 saturated heterocycles. The zero-order valence-corrected chi connectivity index (χ0v) is 12.7. The third kappa shape index (κ3) is 2.31. The Morgan fingerprint density at radius 2 is 1.84 bits per heavy atom. The second-order valence-corrected chi connectivity index (χ2v) is 5.81. The third-order valence-corrected chi connectivity index (χ3v) is 4.40. The highest BCUT2D eigenvalue weighted by Crippen LogP contribution is 2.38. The number of hydrogen-bond acceptors (Lipinski definition) is 1. The van der Waals surface area contributed by atoms with Gasteiger partial charge in [0, 0.05) is 0 Å². The van der Waals surface area contributed by atoms with Gasteiger partial charge in [-0.15, -0.1) is 0 Å². The van der Waals surface area contributed by atoms with Crippen molar-refractivity contribution in [2.75, 3.05) is 0 Å². The van der Waals surface area contributed by atoms with Gasteiger partial charge in [0.2, 0.25) is 0 Å². The monoisotopic (exact) mass is 334 g/mol. The number of benzene rings is 2. The van der Waals surface area contributed by atoms with Gasteiger partial charge in [-0.1, -0.05) is 52.3 Å². The van der Waals surface area contributed by atoms with Crippen molar-refractivity contribution in [1.82, 2.24) is 0 Å². The summed E-state index contributed by atoms with van der Waals surface area (Å²) in [5.41, 5.74) is 2.46. The topological polar surface area (TPSA) is 13.1 Å². The molecule has 3 rings (SSSR count). The van der Waals surface area contributed by atoms with E-state index in [0.717, 1.165) is 5.76 Å². The second kappa shape index (κ2) is 5.03. The molecule has 0 spiro atoms. The fourth-order valence-electron chi connectivity index (χ4n) is 2.35. The standard InChI is InChI=1S/C16H12BrClO/c1-10-6-7-11-4-2-3-5-12(11)15(10)16(17)13-8-9-14(18)19-13/h2-9,16H,1H3. The fraction of sp³-hybridized carbons (Fsp3) is 0.125. The molecule has 0 N–H and O–H groups in total. The molecule has 0 radical (unpaired) electrons. The van der Waals surface area contributed by atoms with Crippen LogP contribution in [0.1, 0.15) is 21.7 Å². The SMILES string of the molecule is Cc1ccc2ccccc2c1C(Br)c1ccc(Cl)o1. The summed E-state index contributed by atoms with van der Waals surface area (Å²) in [6.45, 7) is 2.11. The smallest absolute Gasteiger partial charge is 0.193 e. The lowest BCUT2D eigenvalue weighted by Gasteiger charge is -2.14. The van der Waals surface area contributed by atoms with E-state index in [1.807, 2.05) is 6.07 Å². The van der Waals surface area contributed by atoms with Crippen LogP contribution < -0.4 is 0 Å². The number of fused-ring (bicyclic) bond motifs is 1. The molecule has 1 atom stereocenters. The van der Waals surface area contributed by atoms with Gasteiger partial charge in [0.05, 0.1) is 4.83 Å². The molecule has 0 saturated carbocycles. The molecule has 0 aliphatic heterocycles. The molecule has 1 aromatic heterocycles. The fourth-order valence-corrected chi connectivity index (χ4v) is 3.35. The first-order valence-corrected chi connectivity index (χ1v) is 7.34. The van der Waals surface area contributed by atoms with Gasteiger partial charge in [-0.05, 0) is 52.6 Å². The van der Waals surface area contributed by atoms with Crippen molar-refractivity contribution in [1.29, 1.82) is 0 Å². The predicted molar refractivity (Wildman–Crippen MR) is 83.2 cm³/mol. The van der Waals surface area contributed by atoms with Gasteiger partial charge < -0.3 is 4.42 Å². The van der Waals surface area contributed by atoms with E-state index >= 15 is 0 Å². The van der Waals surface area contributed by atoms with E-state index in [4.69, 9.17) is 16.0 Å². The van der Waals surface area contributed by atoms with Crippen molar-refractivity contribution in [2.24, 2.45) is 0 Å². The Hall–Kier alpha value is -1.25. The van der Waals surface area contributed by atoms with E-state index in [2.05, 4.69) is 59.3 Å². The van der Waals surface area contributed by atoms with Crippen molar-refractivity contribution >= 4 is 38.3 Å². The van der Waals surface area contributed by atoms with Crippen LogP contribution in [0.2, 0.25) is 5.22 Å². The molecule has 1 heterocycles. The Bertz CT molecular complexity index is 732. The quantitative estimate of drug-likeness (QED) is 0.533. The van der Waals surface area contributed by atoms with Crippen LogP contribution in [-0.2, 0) is 0 Å². The Balaban J connectivity index is 2.21. The van der Waals surface area contributed by atoms with Crippen LogP contribution in [0.3, 0.4) is 0 Å². The van der Waals surface area contributed by atoms with Crippen LogP contribution in [-0.4, -0.2) is 0 Å². The molecule has 1 unspecified atom stereocenters. The molecule has 19 heavy (non-hydrogen) atoms. The lowest BCUT2D eigenvalue weighted by Crippen LogP contribution is -1.96. The van der Waals surface area contributed by atoms with Crippen LogP contribution >= 0.6 is 27.5 Å². The first-order chi connectivity index (χ1) is 9.16.